The first-order valence-electron chi connectivity index (χ1n) is 4.64. The van der Waals surface area contributed by atoms with E-state index in [9.17, 15) is 0 Å². The molecular formula is C11H17Ti-. The van der Waals surface area contributed by atoms with Gasteiger partial charge in [0.2, 0.25) is 0 Å². The summed E-state index contributed by atoms with van der Waals surface area (Å²) >= 11 is 0. The van der Waals surface area contributed by atoms with Gasteiger partial charge in [-0.3, -0.25) is 6.08 Å². The Morgan fingerprint density at radius 1 is 1.08 bits per heavy atom. The van der Waals surface area contributed by atoms with Crippen molar-refractivity contribution >= 4 is 0 Å². The predicted octanol–water partition coefficient (Wildman–Crippen LogP) is 3.64. The molecule has 0 atom stereocenters. The Labute approximate surface area is 91.0 Å². The smallest absolute Gasteiger partial charge is 0 e. The van der Waals surface area contributed by atoms with Gasteiger partial charge in [0.05, 0.1) is 0 Å². The van der Waals surface area contributed by atoms with Gasteiger partial charge in [-0.05, 0) is 0 Å². The van der Waals surface area contributed by atoms with E-state index in [0.717, 1.165) is 12.8 Å². The summed E-state index contributed by atoms with van der Waals surface area (Å²) in [6.45, 7) is 6.70. The van der Waals surface area contributed by atoms with Crippen LogP contribution in [0.15, 0.2) is 16.7 Å². The zero-order chi connectivity index (χ0) is 8.27. The minimum atomic E-state index is 0. The van der Waals surface area contributed by atoms with Crippen LogP contribution in [0.2, 0.25) is 0 Å². The molecular weight excluding hydrogens is 180 g/mol. The van der Waals surface area contributed by atoms with Crippen LogP contribution in [0.5, 0.6) is 0 Å². The maximum absolute atomic E-state index is 3.45. The third kappa shape index (κ3) is 2.34. The van der Waals surface area contributed by atoms with Crippen molar-refractivity contribution in [1.82, 2.24) is 0 Å². The largest absolute Gasteiger partial charge is 0.269 e. The Morgan fingerprint density at radius 3 is 2.17 bits per heavy atom. The van der Waals surface area contributed by atoms with Crippen molar-refractivity contribution in [2.45, 2.75) is 46.5 Å². The van der Waals surface area contributed by atoms with Gasteiger partial charge in [-0.2, -0.15) is 11.1 Å². The quantitative estimate of drug-likeness (QED) is 0.478. The molecule has 0 aromatic carbocycles. The average Bonchev–Trinajstić information content (AvgIpc) is 2.45. The maximum Gasteiger partial charge on any atom is 0 e. The summed E-state index contributed by atoms with van der Waals surface area (Å²) in [6, 6.07) is 0. The van der Waals surface area contributed by atoms with E-state index in [1.54, 1.807) is 11.1 Å². The minimum Gasteiger partial charge on any atom is -0.269 e. The van der Waals surface area contributed by atoms with Crippen molar-refractivity contribution in [3.05, 3.63) is 22.8 Å². The van der Waals surface area contributed by atoms with Gasteiger partial charge in [0.25, 0.3) is 0 Å². The SMILES string of the molecule is CCC1=[C-]CC(CC)=C1CC.[Ti]. The molecule has 0 heterocycles. The molecule has 0 aromatic heterocycles. The van der Waals surface area contributed by atoms with Crippen LogP contribution in [0.25, 0.3) is 0 Å². The summed E-state index contributed by atoms with van der Waals surface area (Å²) < 4.78 is 0. The summed E-state index contributed by atoms with van der Waals surface area (Å²) in [5, 5.41) is 0. The van der Waals surface area contributed by atoms with Gasteiger partial charge in [0.15, 0.2) is 0 Å². The molecule has 66 valence electrons. The standard InChI is InChI=1S/C11H17.Ti/c1-4-9-7-8-10(5-2)11(9)6-3;/h4-7H2,1-3H3;/q-1;. The van der Waals surface area contributed by atoms with Crippen LogP contribution in [0.3, 0.4) is 0 Å². The van der Waals surface area contributed by atoms with Crippen LogP contribution in [0.1, 0.15) is 46.5 Å². The second-order valence-electron chi connectivity index (χ2n) is 2.97. The van der Waals surface area contributed by atoms with Crippen LogP contribution in [-0.4, -0.2) is 0 Å². The Morgan fingerprint density at radius 2 is 1.75 bits per heavy atom. The normalized spacial score (nSPS) is 16.1. The van der Waals surface area contributed by atoms with E-state index in [-0.39, 0.29) is 21.7 Å². The summed E-state index contributed by atoms with van der Waals surface area (Å²) in [5.74, 6) is 0. The van der Waals surface area contributed by atoms with Gasteiger partial charge in [-0.15, -0.1) is 6.42 Å². The van der Waals surface area contributed by atoms with E-state index in [4.69, 9.17) is 0 Å². The van der Waals surface area contributed by atoms with E-state index in [2.05, 4.69) is 26.8 Å². The third-order valence-corrected chi connectivity index (χ3v) is 2.44. The summed E-state index contributed by atoms with van der Waals surface area (Å²) in [5.41, 5.74) is 4.68. The Bertz CT molecular complexity index is 199. The first-order chi connectivity index (χ1) is 5.33. The van der Waals surface area contributed by atoms with Gasteiger partial charge in [-0.25, -0.2) is 5.57 Å². The van der Waals surface area contributed by atoms with E-state index < -0.39 is 0 Å². The van der Waals surface area contributed by atoms with Crippen LogP contribution >= 0.6 is 0 Å². The number of rotatable bonds is 3. The van der Waals surface area contributed by atoms with Gasteiger partial charge in [-0.1, -0.05) is 40.0 Å². The molecule has 12 heavy (non-hydrogen) atoms. The maximum atomic E-state index is 3.45. The summed E-state index contributed by atoms with van der Waals surface area (Å²) in [7, 11) is 0. The molecule has 0 unspecified atom stereocenters. The Balaban J connectivity index is 0.00000121. The summed E-state index contributed by atoms with van der Waals surface area (Å²) in [6.07, 6.45) is 8.11. The molecule has 0 aromatic rings. The van der Waals surface area contributed by atoms with Gasteiger partial charge in [0.1, 0.15) is 0 Å². The zero-order valence-electron chi connectivity index (χ0n) is 8.33. The van der Waals surface area contributed by atoms with Crippen molar-refractivity contribution in [2.75, 3.05) is 0 Å². The molecule has 0 saturated heterocycles. The number of hydrogen-bond donors (Lipinski definition) is 0. The molecule has 1 rings (SSSR count). The van der Waals surface area contributed by atoms with Crippen LogP contribution in [0.4, 0.5) is 0 Å². The van der Waals surface area contributed by atoms with E-state index in [0.29, 0.717) is 0 Å². The van der Waals surface area contributed by atoms with Gasteiger partial charge >= 0.3 is 0 Å². The van der Waals surface area contributed by atoms with E-state index >= 15 is 0 Å². The molecule has 0 aliphatic heterocycles. The molecule has 0 amide bonds. The first-order valence-corrected chi connectivity index (χ1v) is 4.64. The predicted molar refractivity (Wildman–Crippen MR) is 49.3 cm³/mol. The molecule has 0 fully saturated rings. The van der Waals surface area contributed by atoms with Crippen LogP contribution < -0.4 is 0 Å². The fourth-order valence-electron chi connectivity index (χ4n) is 1.78. The van der Waals surface area contributed by atoms with Crippen molar-refractivity contribution in [1.29, 1.82) is 0 Å². The number of allylic oxidation sites excluding steroid dienone is 4. The molecule has 0 N–H and O–H groups in total. The topological polar surface area (TPSA) is 0 Å². The monoisotopic (exact) mass is 197 g/mol. The summed E-state index contributed by atoms with van der Waals surface area (Å²) in [4.78, 5) is 0. The van der Waals surface area contributed by atoms with E-state index in [1.165, 1.54) is 18.4 Å². The fourth-order valence-corrected chi connectivity index (χ4v) is 1.78. The number of hydrogen-bond acceptors (Lipinski definition) is 0. The minimum absolute atomic E-state index is 0. The Hall–Kier alpha value is 0.194. The van der Waals surface area contributed by atoms with Gasteiger partial charge in [0, 0.05) is 21.7 Å². The fraction of sp³-hybridized carbons (Fsp3) is 0.636. The molecule has 0 radical (unpaired) electrons. The Kier molecular flexibility index (Phi) is 5.87. The van der Waals surface area contributed by atoms with Gasteiger partial charge < -0.3 is 0 Å². The van der Waals surface area contributed by atoms with Crippen LogP contribution in [0, 0.1) is 6.08 Å². The molecule has 0 nitrogen and oxygen atoms in total. The van der Waals surface area contributed by atoms with Crippen molar-refractivity contribution in [3.8, 4) is 0 Å². The zero-order valence-corrected chi connectivity index (χ0v) is 9.89. The van der Waals surface area contributed by atoms with E-state index in [1.807, 2.05) is 0 Å². The molecule has 0 spiro atoms. The second kappa shape index (κ2) is 5.77. The molecule has 1 aliphatic rings. The van der Waals surface area contributed by atoms with Crippen LogP contribution in [-0.2, 0) is 21.7 Å². The molecule has 1 heteroatoms. The molecule has 0 saturated carbocycles. The molecule has 1 aliphatic carbocycles. The second-order valence-corrected chi connectivity index (χ2v) is 2.97. The third-order valence-electron chi connectivity index (χ3n) is 2.44. The first kappa shape index (κ1) is 12.2. The van der Waals surface area contributed by atoms with Crippen molar-refractivity contribution in [2.24, 2.45) is 0 Å². The van der Waals surface area contributed by atoms with Crippen molar-refractivity contribution < 1.29 is 21.7 Å². The molecule has 0 bridgehead atoms. The average molecular weight is 197 g/mol. The van der Waals surface area contributed by atoms with Crippen molar-refractivity contribution in [3.63, 3.8) is 0 Å².